The summed E-state index contributed by atoms with van der Waals surface area (Å²) in [4.78, 5) is 15.0. The quantitative estimate of drug-likeness (QED) is 0.579. The fraction of sp³-hybridized carbons (Fsp3) is 0.444. The summed E-state index contributed by atoms with van der Waals surface area (Å²) in [5.74, 6) is 0.394. The SMILES string of the molecule is CC[C@H](C)NC(=O)C1CCN(Cc2cc3ccccc3n2Cc2cccc(C)c2)CC1. The maximum absolute atomic E-state index is 12.5. The number of nitrogens with zero attached hydrogens (tertiary/aromatic N) is 2. The summed E-state index contributed by atoms with van der Waals surface area (Å²) in [5, 5.41) is 4.46. The Bertz CT molecular complexity index is 1030. The van der Waals surface area contributed by atoms with Gasteiger partial charge in [-0.25, -0.2) is 0 Å². The molecule has 0 spiro atoms. The fourth-order valence-corrected chi connectivity index (χ4v) is 4.62. The summed E-state index contributed by atoms with van der Waals surface area (Å²) in [6.07, 6.45) is 2.87. The van der Waals surface area contributed by atoms with Crippen LogP contribution in [0.4, 0.5) is 0 Å². The van der Waals surface area contributed by atoms with E-state index < -0.39 is 0 Å². The van der Waals surface area contributed by atoms with Gasteiger partial charge in [0.15, 0.2) is 0 Å². The Hall–Kier alpha value is -2.59. The molecule has 4 heteroatoms. The number of piperidine rings is 1. The highest BCUT2D eigenvalue weighted by Crippen LogP contribution is 2.25. The summed E-state index contributed by atoms with van der Waals surface area (Å²) in [5.41, 5.74) is 5.28. The third-order valence-electron chi connectivity index (χ3n) is 6.66. The summed E-state index contributed by atoms with van der Waals surface area (Å²) in [6.45, 7) is 10.1. The number of likely N-dealkylation sites (tertiary alicyclic amines) is 1. The van der Waals surface area contributed by atoms with Gasteiger partial charge in [-0.15, -0.1) is 0 Å². The number of carbonyl (C=O) groups is 1. The molecule has 0 unspecified atom stereocenters. The van der Waals surface area contributed by atoms with Crippen LogP contribution in [0.15, 0.2) is 54.6 Å². The molecule has 4 rings (SSSR count). The summed E-state index contributed by atoms with van der Waals surface area (Å²) in [6, 6.07) is 20.1. The number of nitrogens with one attached hydrogen (secondary N) is 1. The van der Waals surface area contributed by atoms with Crippen LogP contribution < -0.4 is 5.32 Å². The topological polar surface area (TPSA) is 37.3 Å². The van der Waals surface area contributed by atoms with Crippen molar-refractivity contribution >= 4 is 16.8 Å². The van der Waals surface area contributed by atoms with Gasteiger partial charge in [0.25, 0.3) is 0 Å². The highest BCUT2D eigenvalue weighted by Gasteiger charge is 2.26. The van der Waals surface area contributed by atoms with Crippen LogP contribution in [0.3, 0.4) is 0 Å². The predicted octanol–water partition coefficient (Wildman–Crippen LogP) is 5.12. The fourth-order valence-electron chi connectivity index (χ4n) is 4.62. The summed E-state index contributed by atoms with van der Waals surface area (Å²) < 4.78 is 2.46. The van der Waals surface area contributed by atoms with E-state index in [-0.39, 0.29) is 17.9 Å². The summed E-state index contributed by atoms with van der Waals surface area (Å²) in [7, 11) is 0. The van der Waals surface area contributed by atoms with E-state index in [2.05, 4.69) is 90.2 Å². The molecule has 3 aromatic rings. The second-order valence-electron chi connectivity index (χ2n) is 9.14. The Balaban J connectivity index is 1.47. The van der Waals surface area contributed by atoms with Crippen LogP contribution in [-0.2, 0) is 17.9 Å². The molecular weight excluding hydrogens is 382 g/mol. The Kier molecular flexibility index (Phi) is 6.77. The van der Waals surface area contributed by atoms with E-state index in [1.807, 2.05) is 0 Å². The molecule has 1 saturated heterocycles. The molecule has 31 heavy (non-hydrogen) atoms. The highest BCUT2D eigenvalue weighted by atomic mass is 16.1. The highest BCUT2D eigenvalue weighted by molar-refractivity contribution is 5.81. The number of hydrogen-bond acceptors (Lipinski definition) is 2. The lowest BCUT2D eigenvalue weighted by Crippen LogP contribution is -2.42. The Labute approximate surface area is 186 Å². The van der Waals surface area contributed by atoms with Crippen LogP contribution in [-0.4, -0.2) is 34.5 Å². The first-order valence-electron chi connectivity index (χ1n) is 11.7. The molecule has 2 heterocycles. The van der Waals surface area contributed by atoms with E-state index in [0.717, 1.165) is 45.4 Å². The lowest BCUT2D eigenvalue weighted by Gasteiger charge is -2.32. The van der Waals surface area contributed by atoms with Gasteiger partial charge >= 0.3 is 0 Å². The molecule has 1 aliphatic heterocycles. The standard InChI is InChI=1S/C27H35N3O/c1-4-21(3)28-27(31)23-12-14-29(15-13-23)19-25-17-24-10-5-6-11-26(24)30(25)18-22-9-7-8-20(2)16-22/h5-11,16-17,21,23H,4,12-15,18-19H2,1-3H3,(H,28,31)/t21-/m0/s1. The number of hydrogen-bond donors (Lipinski definition) is 1. The van der Waals surface area contributed by atoms with Gasteiger partial charge in [-0.05, 0) is 69.3 Å². The molecule has 0 saturated carbocycles. The minimum atomic E-state index is 0.156. The Morgan fingerprint density at radius 1 is 1.06 bits per heavy atom. The lowest BCUT2D eigenvalue weighted by molar-refractivity contribution is -0.127. The second-order valence-corrected chi connectivity index (χ2v) is 9.14. The number of carbonyl (C=O) groups excluding carboxylic acids is 1. The largest absolute Gasteiger partial charge is 0.353 e. The molecule has 1 aliphatic rings. The van der Waals surface area contributed by atoms with E-state index in [0.29, 0.717) is 0 Å². The van der Waals surface area contributed by atoms with Gasteiger partial charge in [-0.3, -0.25) is 9.69 Å². The molecule has 0 aliphatic carbocycles. The molecule has 1 N–H and O–H groups in total. The first-order valence-corrected chi connectivity index (χ1v) is 11.7. The zero-order valence-electron chi connectivity index (χ0n) is 19.1. The van der Waals surface area contributed by atoms with E-state index in [9.17, 15) is 4.79 Å². The zero-order valence-corrected chi connectivity index (χ0v) is 19.1. The van der Waals surface area contributed by atoms with Crippen LogP contribution in [0.5, 0.6) is 0 Å². The van der Waals surface area contributed by atoms with Crippen molar-refractivity contribution in [3.63, 3.8) is 0 Å². The van der Waals surface area contributed by atoms with Gasteiger partial charge in [0.1, 0.15) is 0 Å². The Morgan fingerprint density at radius 2 is 1.84 bits per heavy atom. The van der Waals surface area contributed by atoms with E-state index in [4.69, 9.17) is 0 Å². The van der Waals surface area contributed by atoms with Crippen LogP contribution in [0.1, 0.15) is 49.9 Å². The molecule has 0 radical (unpaired) electrons. The molecular formula is C27H35N3O. The summed E-state index contributed by atoms with van der Waals surface area (Å²) >= 11 is 0. The van der Waals surface area contributed by atoms with Crippen LogP contribution in [0, 0.1) is 12.8 Å². The van der Waals surface area contributed by atoms with Gasteiger partial charge in [-0.1, -0.05) is 55.0 Å². The van der Waals surface area contributed by atoms with Crippen molar-refractivity contribution in [1.82, 2.24) is 14.8 Å². The third-order valence-corrected chi connectivity index (χ3v) is 6.66. The number of para-hydroxylation sites is 1. The van der Waals surface area contributed by atoms with Crippen molar-refractivity contribution < 1.29 is 4.79 Å². The minimum absolute atomic E-state index is 0.156. The number of benzene rings is 2. The van der Waals surface area contributed by atoms with Crippen LogP contribution >= 0.6 is 0 Å². The number of aromatic nitrogens is 1. The van der Waals surface area contributed by atoms with Gasteiger partial charge in [0.05, 0.1) is 0 Å². The van der Waals surface area contributed by atoms with Gasteiger partial charge in [0.2, 0.25) is 5.91 Å². The van der Waals surface area contributed by atoms with Crippen molar-refractivity contribution in [2.24, 2.45) is 5.92 Å². The smallest absolute Gasteiger partial charge is 0.223 e. The average Bonchev–Trinajstić information content (AvgIpc) is 3.11. The van der Waals surface area contributed by atoms with Gasteiger partial charge in [0, 0.05) is 36.3 Å². The van der Waals surface area contributed by atoms with E-state index in [1.165, 1.54) is 27.7 Å². The first-order chi connectivity index (χ1) is 15.0. The lowest BCUT2D eigenvalue weighted by atomic mass is 9.95. The number of rotatable bonds is 7. The molecule has 1 amide bonds. The number of amides is 1. The van der Waals surface area contributed by atoms with Crippen molar-refractivity contribution in [3.05, 3.63) is 71.4 Å². The van der Waals surface area contributed by atoms with Crippen LogP contribution in [0.25, 0.3) is 10.9 Å². The molecule has 1 aromatic heterocycles. The first kappa shape index (κ1) is 21.6. The van der Waals surface area contributed by atoms with Gasteiger partial charge in [-0.2, -0.15) is 0 Å². The zero-order chi connectivity index (χ0) is 21.8. The minimum Gasteiger partial charge on any atom is -0.353 e. The molecule has 164 valence electrons. The molecule has 4 nitrogen and oxygen atoms in total. The van der Waals surface area contributed by atoms with Crippen molar-refractivity contribution in [1.29, 1.82) is 0 Å². The predicted molar refractivity (Wildman–Crippen MR) is 128 cm³/mol. The monoisotopic (exact) mass is 417 g/mol. The van der Waals surface area contributed by atoms with Crippen molar-refractivity contribution in [2.75, 3.05) is 13.1 Å². The Morgan fingerprint density at radius 3 is 2.58 bits per heavy atom. The molecule has 2 aromatic carbocycles. The maximum Gasteiger partial charge on any atom is 0.223 e. The third kappa shape index (κ3) is 5.19. The maximum atomic E-state index is 12.5. The molecule has 0 bridgehead atoms. The van der Waals surface area contributed by atoms with E-state index in [1.54, 1.807) is 0 Å². The number of aryl methyl sites for hydroxylation is 1. The average molecular weight is 418 g/mol. The molecule has 1 atom stereocenters. The normalized spacial score (nSPS) is 16.5. The molecule has 1 fully saturated rings. The van der Waals surface area contributed by atoms with E-state index >= 15 is 0 Å². The van der Waals surface area contributed by atoms with Crippen LogP contribution in [0.2, 0.25) is 0 Å². The number of fused-ring (bicyclic) bond motifs is 1. The van der Waals surface area contributed by atoms with Crippen molar-refractivity contribution in [2.45, 2.75) is 59.2 Å². The van der Waals surface area contributed by atoms with Crippen molar-refractivity contribution in [3.8, 4) is 0 Å². The van der Waals surface area contributed by atoms with Gasteiger partial charge < -0.3 is 9.88 Å². The second kappa shape index (κ2) is 9.69.